The molecule has 1 rings (SSSR count). The van der Waals surface area contributed by atoms with Gasteiger partial charge >= 0.3 is 0 Å². The number of aromatic nitrogens is 2. The van der Waals surface area contributed by atoms with Gasteiger partial charge in [0, 0.05) is 12.7 Å². The van der Waals surface area contributed by atoms with E-state index in [1.807, 2.05) is 13.1 Å². The molecule has 1 amide bonds. The molecule has 1 N–H and O–H groups in total. The van der Waals surface area contributed by atoms with Gasteiger partial charge in [-0.1, -0.05) is 20.3 Å². The van der Waals surface area contributed by atoms with Crippen LogP contribution in [-0.2, 0) is 11.3 Å². The van der Waals surface area contributed by atoms with E-state index in [0.717, 1.165) is 23.9 Å². The van der Waals surface area contributed by atoms with Crippen LogP contribution in [0.15, 0.2) is 16.9 Å². The van der Waals surface area contributed by atoms with Crippen molar-refractivity contribution in [1.29, 1.82) is 0 Å². The third-order valence-electron chi connectivity index (χ3n) is 2.34. The van der Waals surface area contributed by atoms with Crippen molar-refractivity contribution in [2.24, 2.45) is 5.92 Å². The molecule has 0 aromatic carbocycles. The summed E-state index contributed by atoms with van der Waals surface area (Å²) in [4.78, 5) is 11.7. The molecule has 1 aromatic rings. The Balaban J connectivity index is 2.34. The van der Waals surface area contributed by atoms with Gasteiger partial charge in [0.25, 0.3) is 0 Å². The lowest BCUT2D eigenvalue weighted by molar-refractivity contribution is -0.124. The zero-order valence-corrected chi connectivity index (χ0v) is 11.3. The molecule has 4 nitrogen and oxygen atoms in total. The van der Waals surface area contributed by atoms with Crippen molar-refractivity contribution in [3.8, 4) is 0 Å². The van der Waals surface area contributed by atoms with E-state index in [9.17, 15) is 4.79 Å². The number of rotatable bonds is 6. The third kappa shape index (κ3) is 4.35. The predicted octanol–water partition coefficient (Wildman–Crippen LogP) is 2.20. The second-order valence-electron chi connectivity index (χ2n) is 3.93. The van der Waals surface area contributed by atoms with Crippen LogP contribution in [0.3, 0.4) is 0 Å². The van der Waals surface area contributed by atoms with Crippen LogP contribution >= 0.6 is 15.9 Å². The number of carbonyl (C=O) groups is 1. The van der Waals surface area contributed by atoms with E-state index in [-0.39, 0.29) is 11.8 Å². The molecule has 1 unspecified atom stereocenters. The average molecular weight is 288 g/mol. The normalized spacial score (nSPS) is 12.4. The van der Waals surface area contributed by atoms with Crippen molar-refractivity contribution in [1.82, 2.24) is 15.1 Å². The zero-order chi connectivity index (χ0) is 12.0. The summed E-state index contributed by atoms with van der Waals surface area (Å²) in [7, 11) is 0. The van der Waals surface area contributed by atoms with Gasteiger partial charge in [-0.25, -0.2) is 0 Å². The Labute approximate surface area is 105 Å². The van der Waals surface area contributed by atoms with Gasteiger partial charge < -0.3 is 5.32 Å². The lowest BCUT2D eigenvalue weighted by Gasteiger charge is -2.11. The Morgan fingerprint density at radius 1 is 1.69 bits per heavy atom. The fraction of sp³-hybridized carbons (Fsp3) is 0.636. The van der Waals surface area contributed by atoms with Crippen LogP contribution in [0.4, 0.5) is 0 Å². The zero-order valence-electron chi connectivity index (χ0n) is 9.74. The number of amides is 1. The first-order valence-electron chi connectivity index (χ1n) is 5.59. The van der Waals surface area contributed by atoms with Gasteiger partial charge in [0.2, 0.25) is 5.91 Å². The molecule has 1 heterocycles. The quantitative estimate of drug-likeness (QED) is 0.816. The highest BCUT2D eigenvalue weighted by atomic mass is 79.9. The van der Waals surface area contributed by atoms with Gasteiger partial charge in [0.15, 0.2) is 0 Å². The van der Waals surface area contributed by atoms with E-state index in [2.05, 4.69) is 33.3 Å². The molecule has 0 saturated carbocycles. The first kappa shape index (κ1) is 13.2. The minimum absolute atomic E-state index is 0.0522. The summed E-state index contributed by atoms with van der Waals surface area (Å²) in [6.07, 6.45) is 5.73. The van der Waals surface area contributed by atoms with Crippen molar-refractivity contribution < 1.29 is 4.79 Å². The lowest BCUT2D eigenvalue weighted by atomic mass is 10.1. The van der Waals surface area contributed by atoms with E-state index in [4.69, 9.17) is 0 Å². The monoisotopic (exact) mass is 287 g/mol. The number of halogens is 1. The first-order valence-corrected chi connectivity index (χ1v) is 6.38. The Morgan fingerprint density at radius 3 is 3.00 bits per heavy atom. The predicted molar refractivity (Wildman–Crippen MR) is 67.0 cm³/mol. The molecule has 0 aliphatic rings. The molecular weight excluding hydrogens is 270 g/mol. The fourth-order valence-electron chi connectivity index (χ4n) is 1.36. The van der Waals surface area contributed by atoms with E-state index in [1.54, 1.807) is 10.9 Å². The van der Waals surface area contributed by atoms with Gasteiger partial charge in [0.05, 0.1) is 23.1 Å². The second kappa shape index (κ2) is 6.68. The van der Waals surface area contributed by atoms with Crippen LogP contribution in [-0.4, -0.2) is 22.2 Å². The number of nitrogens with one attached hydrogen (secondary N) is 1. The maximum Gasteiger partial charge on any atom is 0.224 e. The van der Waals surface area contributed by atoms with Gasteiger partial charge in [-0.2, -0.15) is 5.10 Å². The number of carbonyl (C=O) groups excluding carboxylic acids is 1. The Bertz CT molecular complexity index is 338. The molecule has 0 radical (unpaired) electrons. The molecule has 0 bridgehead atoms. The highest BCUT2D eigenvalue weighted by molar-refractivity contribution is 9.10. The molecular formula is C11H18BrN3O. The SMILES string of the molecule is CCCCNC(=O)C(C)Cn1cc(Br)cn1. The minimum atomic E-state index is -0.0522. The summed E-state index contributed by atoms with van der Waals surface area (Å²) >= 11 is 3.33. The van der Waals surface area contributed by atoms with E-state index < -0.39 is 0 Å². The maximum absolute atomic E-state index is 11.7. The Hall–Kier alpha value is -0.840. The summed E-state index contributed by atoms with van der Waals surface area (Å²) in [6.45, 7) is 5.40. The third-order valence-corrected chi connectivity index (χ3v) is 2.75. The molecule has 16 heavy (non-hydrogen) atoms. The molecule has 1 atom stereocenters. The highest BCUT2D eigenvalue weighted by Crippen LogP contribution is 2.08. The van der Waals surface area contributed by atoms with Crippen molar-refractivity contribution in [2.75, 3.05) is 6.54 Å². The van der Waals surface area contributed by atoms with Crippen LogP contribution < -0.4 is 5.32 Å². The Morgan fingerprint density at radius 2 is 2.44 bits per heavy atom. The first-order chi connectivity index (χ1) is 7.63. The van der Waals surface area contributed by atoms with E-state index in [1.165, 1.54) is 0 Å². The smallest absolute Gasteiger partial charge is 0.224 e. The summed E-state index contributed by atoms with van der Waals surface area (Å²) in [5, 5.41) is 7.04. The summed E-state index contributed by atoms with van der Waals surface area (Å²) < 4.78 is 2.71. The summed E-state index contributed by atoms with van der Waals surface area (Å²) in [6, 6.07) is 0. The lowest BCUT2D eigenvalue weighted by Crippen LogP contribution is -2.32. The number of nitrogens with zero attached hydrogens (tertiary/aromatic N) is 2. The second-order valence-corrected chi connectivity index (χ2v) is 4.84. The van der Waals surface area contributed by atoms with Gasteiger partial charge in [-0.05, 0) is 22.4 Å². The van der Waals surface area contributed by atoms with Crippen molar-refractivity contribution in [3.05, 3.63) is 16.9 Å². The summed E-state index contributed by atoms with van der Waals surface area (Å²) in [5.74, 6) is 0.0451. The number of hydrogen-bond donors (Lipinski definition) is 1. The molecule has 1 aromatic heterocycles. The Kier molecular flexibility index (Phi) is 5.52. The molecule has 0 fully saturated rings. The van der Waals surface area contributed by atoms with Gasteiger partial charge in [-0.15, -0.1) is 0 Å². The topological polar surface area (TPSA) is 46.9 Å². The largest absolute Gasteiger partial charge is 0.356 e. The van der Waals surface area contributed by atoms with E-state index >= 15 is 0 Å². The van der Waals surface area contributed by atoms with Crippen LogP contribution in [0.5, 0.6) is 0 Å². The fourth-order valence-corrected chi connectivity index (χ4v) is 1.69. The van der Waals surface area contributed by atoms with Crippen molar-refractivity contribution in [3.63, 3.8) is 0 Å². The standard InChI is InChI=1S/C11H18BrN3O/c1-3-4-5-13-11(16)9(2)7-15-8-10(12)6-14-15/h6,8-9H,3-5,7H2,1-2H3,(H,13,16). The van der Waals surface area contributed by atoms with Gasteiger partial charge in [-0.3, -0.25) is 9.48 Å². The molecule has 5 heteroatoms. The molecule has 0 saturated heterocycles. The molecule has 0 aliphatic heterocycles. The minimum Gasteiger partial charge on any atom is -0.356 e. The van der Waals surface area contributed by atoms with Gasteiger partial charge in [0.1, 0.15) is 0 Å². The summed E-state index contributed by atoms with van der Waals surface area (Å²) in [5.41, 5.74) is 0. The van der Waals surface area contributed by atoms with Crippen molar-refractivity contribution >= 4 is 21.8 Å². The highest BCUT2D eigenvalue weighted by Gasteiger charge is 2.13. The molecule has 90 valence electrons. The van der Waals surface area contributed by atoms with Crippen LogP contribution in [0.1, 0.15) is 26.7 Å². The van der Waals surface area contributed by atoms with E-state index in [0.29, 0.717) is 6.54 Å². The van der Waals surface area contributed by atoms with Crippen LogP contribution in [0.25, 0.3) is 0 Å². The van der Waals surface area contributed by atoms with Crippen molar-refractivity contribution in [2.45, 2.75) is 33.2 Å². The van der Waals surface area contributed by atoms with Crippen LogP contribution in [0.2, 0.25) is 0 Å². The average Bonchev–Trinajstić information content (AvgIpc) is 2.64. The number of hydrogen-bond acceptors (Lipinski definition) is 2. The number of unbranched alkanes of at least 4 members (excludes halogenated alkanes) is 1. The maximum atomic E-state index is 11.7. The van der Waals surface area contributed by atoms with Crippen LogP contribution in [0, 0.1) is 5.92 Å². The molecule has 0 spiro atoms. The molecule has 0 aliphatic carbocycles.